The molecule has 0 radical (unpaired) electrons. The molecular formula is C19H22N2O. The summed E-state index contributed by atoms with van der Waals surface area (Å²) in [6, 6.07) is 17.7. The van der Waals surface area contributed by atoms with Gasteiger partial charge in [-0.05, 0) is 48.6 Å². The van der Waals surface area contributed by atoms with Gasteiger partial charge in [0.25, 0.3) is 5.91 Å². The molecule has 3 rings (SSSR count). The van der Waals surface area contributed by atoms with E-state index in [0.29, 0.717) is 11.5 Å². The van der Waals surface area contributed by atoms with Crippen LogP contribution >= 0.6 is 0 Å². The second-order valence-corrected chi connectivity index (χ2v) is 5.90. The average molecular weight is 294 g/mol. The normalized spacial score (nSPS) is 15.3. The van der Waals surface area contributed by atoms with Gasteiger partial charge in [-0.25, -0.2) is 0 Å². The van der Waals surface area contributed by atoms with Gasteiger partial charge in [0.1, 0.15) is 0 Å². The Kier molecular flexibility index (Phi) is 4.74. The zero-order valence-corrected chi connectivity index (χ0v) is 12.7. The maximum absolute atomic E-state index is 12.1. The SMILES string of the molecule is O=C(NNc1ccccc1)c1ccc(C2CCCCC2)cc1. The molecule has 1 aliphatic rings. The Morgan fingerprint density at radius 1 is 0.864 bits per heavy atom. The first-order valence-electron chi connectivity index (χ1n) is 8.04. The number of hydrogen-bond donors (Lipinski definition) is 2. The molecule has 0 heterocycles. The van der Waals surface area contributed by atoms with Crippen molar-refractivity contribution in [2.75, 3.05) is 5.43 Å². The number of carbonyl (C=O) groups excluding carboxylic acids is 1. The van der Waals surface area contributed by atoms with E-state index in [0.717, 1.165) is 5.69 Å². The zero-order valence-electron chi connectivity index (χ0n) is 12.7. The summed E-state index contributed by atoms with van der Waals surface area (Å²) < 4.78 is 0. The van der Waals surface area contributed by atoms with Crippen LogP contribution in [0, 0.1) is 0 Å². The van der Waals surface area contributed by atoms with Crippen LogP contribution in [0.5, 0.6) is 0 Å². The number of carbonyl (C=O) groups is 1. The Balaban J connectivity index is 1.58. The molecule has 0 aromatic heterocycles. The van der Waals surface area contributed by atoms with Gasteiger partial charge in [-0.3, -0.25) is 15.6 Å². The van der Waals surface area contributed by atoms with Gasteiger partial charge < -0.3 is 0 Å². The van der Waals surface area contributed by atoms with Crippen LogP contribution in [0.15, 0.2) is 54.6 Å². The van der Waals surface area contributed by atoms with Gasteiger partial charge in [0.15, 0.2) is 0 Å². The molecule has 0 aliphatic heterocycles. The van der Waals surface area contributed by atoms with Gasteiger partial charge in [-0.1, -0.05) is 49.6 Å². The Hall–Kier alpha value is -2.29. The smallest absolute Gasteiger partial charge is 0.269 e. The molecule has 3 heteroatoms. The van der Waals surface area contributed by atoms with Crippen LogP contribution in [-0.2, 0) is 0 Å². The highest BCUT2D eigenvalue weighted by atomic mass is 16.2. The molecule has 1 saturated carbocycles. The van der Waals surface area contributed by atoms with Gasteiger partial charge >= 0.3 is 0 Å². The summed E-state index contributed by atoms with van der Waals surface area (Å²) in [7, 11) is 0. The third-order valence-electron chi connectivity index (χ3n) is 4.34. The molecule has 1 amide bonds. The van der Waals surface area contributed by atoms with Crippen molar-refractivity contribution in [3.05, 3.63) is 65.7 Å². The molecule has 0 unspecified atom stereocenters. The van der Waals surface area contributed by atoms with Crippen molar-refractivity contribution in [1.82, 2.24) is 5.43 Å². The lowest BCUT2D eigenvalue weighted by Crippen LogP contribution is -2.29. The highest BCUT2D eigenvalue weighted by molar-refractivity contribution is 5.94. The van der Waals surface area contributed by atoms with Gasteiger partial charge in [0, 0.05) is 5.56 Å². The highest BCUT2D eigenvalue weighted by Crippen LogP contribution is 2.32. The summed E-state index contributed by atoms with van der Waals surface area (Å²) in [5, 5.41) is 0. The lowest BCUT2D eigenvalue weighted by atomic mass is 9.84. The Morgan fingerprint density at radius 3 is 2.23 bits per heavy atom. The molecule has 1 aliphatic carbocycles. The molecule has 1 fully saturated rings. The Bertz CT molecular complexity index is 601. The van der Waals surface area contributed by atoms with E-state index in [-0.39, 0.29) is 5.91 Å². The molecule has 0 bridgehead atoms. The molecule has 2 N–H and O–H groups in total. The fraction of sp³-hybridized carbons (Fsp3) is 0.316. The number of hydrogen-bond acceptors (Lipinski definition) is 2. The van der Waals surface area contributed by atoms with E-state index in [1.165, 1.54) is 37.7 Å². The van der Waals surface area contributed by atoms with Crippen LogP contribution in [0.25, 0.3) is 0 Å². The van der Waals surface area contributed by atoms with Crippen LogP contribution in [0.4, 0.5) is 5.69 Å². The Morgan fingerprint density at radius 2 is 1.55 bits per heavy atom. The van der Waals surface area contributed by atoms with E-state index >= 15 is 0 Å². The van der Waals surface area contributed by atoms with Gasteiger partial charge in [0.05, 0.1) is 5.69 Å². The van der Waals surface area contributed by atoms with Crippen molar-refractivity contribution in [2.24, 2.45) is 0 Å². The maximum atomic E-state index is 12.1. The van der Waals surface area contributed by atoms with Crippen molar-refractivity contribution in [3.63, 3.8) is 0 Å². The summed E-state index contributed by atoms with van der Waals surface area (Å²) in [4.78, 5) is 12.1. The van der Waals surface area contributed by atoms with Crippen molar-refractivity contribution >= 4 is 11.6 Å². The lowest BCUT2D eigenvalue weighted by Gasteiger charge is -2.22. The van der Waals surface area contributed by atoms with E-state index in [2.05, 4.69) is 23.0 Å². The van der Waals surface area contributed by atoms with Crippen molar-refractivity contribution in [2.45, 2.75) is 38.0 Å². The third-order valence-corrected chi connectivity index (χ3v) is 4.34. The monoisotopic (exact) mass is 294 g/mol. The molecule has 2 aromatic rings. The highest BCUT2D eigenvalue weighted by Gasteiger charge is 2.15. The van der Waals surface area contributed by atoms with E-state index < -0.39 is 0 Å². The van der Waals surface area contributed by atoms with Crippen LogP contribution < -0.4 is 10.9 Å². The van der Waals surface area contributed by atoms with Gasteiger partial charge in [-0.2, -0.15) is 0 Å². The summed E-state index contributed by atoms with van der Waals surface area (Å²) in [5.74, 6) is 0.562. The number of amides is 1. The predicted octanol–water partition coefficient (Wildman–Crippen LogP) is 4.49. The summed E-state index contributed by atoms with van der Waals surface area (Å²) >= 11 is 0. The minimum absolute atomic E-state index is 0.112. The quantitative estimate of drug-likeness (QED) is 0.816. The molecule has 0 atom stereocenters. The fourth-order valence-corrected chi connectivity index (χ4v) is 3.07. The molecule has 2 aromatic carbocycles. The summed E-state index contributed by atoms with van der Waals surface area (Å²) in [6.07, 6.45) is 6.58. The van der Waals surface area contributed by atoms with Crippen molar-refractivity contribution in [3.8, 4) is 0 Å². The fourth-order valence-electron chi connectivity index (χ4n) is 3.07. The predicted molar refractivity (Wildman–Crippen MR) is 89.8 cm³/mol. The molecule has 0 saturated heterocycles. The second kappa shape index (κ2) is 7.12. The van der Waals surface area contributed by atoms with Crippen LogP contribution in [0.3, 0.4) is 0 Å². The minimum Gasteiger partial charge on any atom is -0.298 e. The largest absolute Gasteiger partial charge is 0.298 e. The molecular weight excluding hydrogens is 272 g/mol. The second-order valence-electron chi connectivity index (χ2n) is 5.90. The maximum Gasteiger partial charge on any atom is 0.269 e. The number of benzene rings is 2. The van der Waals surface area contributed by atoms with Crippen LogP contribution in [-0.4, -0.2) is 5.91 Å². The minimum atomic E-state index is -0.112. The zero-order chi connectivity index (χ0) is 15.2. The van der Waals surface area contributed by atoms with E-state index in [1.807, 2.05) is 42.5 Å². The molecule has 114 valence electrons. The van der Waals surface area contributed by atoms with Crippen molar-refractivity contribution in [1.29, 1.82) is 0 Å². The van der Waals surface area contributed by atoms with E-state index in [4.69, 9.17) is 0 Å². The topological polar surface area (TPSA) is 41.1 Å². The molecule has 22 heavy (non-hydrogen) atoms. The molecule has 0 spiro atoms. The first-order chi connectivity index (χ1) is 10.8. The number of rotatable bonds is 4. The van der Waals surface area contributed by atoms with E-state index in [9.17, 15) is 4.79 Å². The standard InChI is InChI=1S/C19H22N2O/c22-19(21-20-18-9-5-2-6-10-18)17-13-11-16(12-14-17)15-7-3-1-4-8-15/h2,5-6,9-15,20H,1,3-4,7-8H2,(H,21,22). The van der Waals surface area contributed by atoms with Crippen LogP contribution in [0.2, 0.25) is 0 Å². The van der Waals surface area contributed by atoms with Gasteiger partial charge in [-0.15, -0.1) is 0 Å². The summed E-state index contributed by atoms with van der Waals surface area (Å²) in [6.45, 7) is 0. The number of hydrazine groups is 1. The van der Waals surface area contributed by atoms with Crippen molar-refractivity contribution < 1.29 is 4.79 Å². The third kappa shape index (κ3) is 3.67. The van der Waals surface area contributed by atoms with E-state index in [1.54, 1.807) is 0 Å². The number of nitrogens with one attached hydrogen (secondary N) is 2. The lowest BCUT2D eigenvalue weighted by molar-refractivity contribution is 0.0962. The average Bonchev–Trinajstić information content (AvgIpc) is 2.61. The summed E-state index contributed by atoms with van der Waals surface area (Å²) in [5.41, 5.74) is 8.57. The molecule has 3 nitrogen and oxygen atoms in total. The Labute approximate surface area is 131 Å². The number of anilines is 1. The van der Waals surface area contributed by atoms with Gasteiger partial charge in [0.2, 0.25) is 0 Å². The first kappa shape index (κ1) is 14.6. The van der Waals surface area contributed by atoms with Crippen LogP contribution in [0.1, 0.15) is 53.9 Å². The number of para-hydroxylation sites is 1. The first-order valence-corrected chi connectivity index (χ1v) is 8.04.